The molecular weight excluding hydrogens is 318 g/mol. The first-order valence-electron chi connectivity index (χ1n) is 8.02. The van der Waals surface area contributed by atoms with Crippen molar-refractivity contribution in [3.05, 3.63) is 53.1 Å². The van der Waals surface area contributed by atoms with Gasteiger partial charge in [-0.15, -0.1) is 0 Å². The van der Waals surface area contributed by atoms with Crippen molar-refractivity contribution in [2.24, 2.45) is 0 Å². The van der Waals surface area contributed by atoms with E-state index in [1.165, 1.54) is 0 Å². The van der Waals surface area contributed by atoms with E-state index in [0.29, 0.717) is 33.9 Å². The first kappa shape index (κ1) is 15.3. The van der Waals surface area contributed by atoms with Gasteiger partial charge in [-0.3, -0.25) is 4.79 Å². The SMILES string of the molecule is Cc1cc(C(=O)N[C@@H](C)c2nc3ccccc3[nH]2)c2c(C)noc2n1. The van der Waals surface area contributed by atoms with Crippen LogP contribution in [0.5, 0.6) is 0 Å². The highest BCUT2D eigenvalue weighted by molar-refractivity contribution is 6.06. The van der Waals surface area contributed by atoms with Crippen molar-refractivity contribution in [2.75, 3.05) is 0 Å². The first-order chi connectivity index (χ1) is 12.0. The molecule has 1 aromatic carbocycles. The molecule has 0 saturated heterocycles. The van der Waals surface area contributed by atoms with Gasteiger partial charge < -0.3 is 14.8 Å². The van der Waals surface area contributed by atoms with Crippen molar-refractivity contribution < 1.29 is 9.32 Å². The molecule has 0 aliphatic rings. The van der Waals surface area contributed by atoms with Crippen molar-refractivity contribution in [3.63, 3.8) is 0 Å². The minimum absolute atomic E-state index is 0.213. The van der Waals surface area contributed by atoms with Gasteiger partial charge in [0.15, 0.2) is 0 Å². The van der Waals surface area contributed by atoms with Crippen LogP contribution in [0.4, 0.5) is 0 Å². The molecule has 0 bridgehead atoms. The Balaban J connectivity index is 1.66. The fourth-order valence-electron chi connectivity index (χ4n) is 2.92. The third-order valence-corrected chi connectivity index (χ3v) is 4.16. The molecule has 1 atom stereocenters. The Morgan fingerprint density at radius 3 is 2.84 bits per heavy atom. The van der Waals surface area contributed by atoms with Crippen LogP contribution in [0.1, 0.15) is 40.5 Å². The number of aryl methyl sites for hydroxylation is 2. The van der Waals surface area contributed by atoms with Gasteiger partial charge in [0, 0.05) is 5.69 Å². The van der Waals surface area contributed by atoms with E-state index in [9.17, 15) is 4.79 Å². The van der Waals surface area contributed by atoms with E-state index in [-0.39, 0.29) is 11.9 Å². The summed E-state index contributed by atoms with van der Waals surface area (Å²) in [5, 5.41) is 7.53. The molecule has 4 rings (SSSR count). The lowest BCUT2D eigenvalue weighted by Gasteiger charge is -2.12. The molecule has 2 N–H and O–H groups in total. The monoisotopic (exact) mass is 335 g/mol. The van der Waals surface area contributed by atoms with Crippen molar-refractivity contribution in [2.45, 2.75) is 26.8 Å². The van der Waals surface area contributed by atoms with Crippen LogP contribution in [0.15, 0.2) is 34.9 Å². The molecule has 0 saturated carbocycles. The number of hydrogen-bond donors (Lipinski definition) is 2. The molecule has 3 heterocycles. The van der Waals surface area contributed by atoms with Crippen LogP contribution in [0.3, 0.4) is 0 Å². The molecule has 25 heavy (non-hydrogen) atoms. The quantitative estimate of drug-likeness (QED) is 0.599. The summed E-state index contributed by atoms with van der Waals surface area (Å²) in [5.41, 5.74) is 4.03. The van der Waals surface area contributed by atoms with Crippen molar-refractivity contribution in [3.8, 4) is 0 Å². The molecule has 0 radical (unpaired) electrons. The number of rotatable bonds is 3. The standard InChI is InChI=1S/C18H17N5O2/c1-9-8-12(15-10(2)23-25-18(15)19-9)17(24)20-11(3)16-21-13-6-4-5-7-14(13)22-16/h4-8,11H,1-3H3,(H,20,24)(H,21,22)/t11-/m0/s1. The molecule has 4 aromatic rings. The van der Waals surface area contributed by atoms with E-state index in [0.717, 1.165) is 11.0 Å². The summed E-state index contributed by atoms with van der Waals surface area (Å²) in [6.45, 7) is 5.50. The summed E-state index contributed by atoms with van der Waals surface area (Å²) in [5.74, 6) is 0.494. The smallest absolute Gasteiger partial charge is 0.258 e. The zero-order chi connectivity index (χ0) is 17.6. The predicted octanol–water partition coefficient (Wildman–Crippen LogP) is 3.21. The normalized spacial score (nSPS) is 12.6. The third kappa shape index (κ3) is 2.63. The van der Waals surface area contributed by atoms with Crippen LogP contribution in [0.2, 0.25) is 0 Å². The Labute approximate surface area is 143 Å². The molecule has 126 valence electrons. The maximum atomic E-state index is 12.8. The van der Waals surface area contributed by atoms with Gasteiger partial charge >= 0.3 is 0 Å². The lowest BCUT2D eigenvalue weighted by Crippen LogP contribution is -2.27. The van der Waals surface area contributed by atoms with Gasteiger partial charge in [-0.2, -0.15) is 0 Å². The summed E-state index contributed by atoms with van der Waals surface area (Å²) in [7, 11) is 0. The molecule has 0 aliphatic carbocycles. The second-order valence-electron chi connectivity index (χ2n) is 6.09. The molecule has 1 amide bonds. The summed E-state index contributed by atoms with van der Waals surface area (Å²) in [4.78, 5) is 24.9. The van der Waals surface area contributed by atoms with Gasteiger partial charge in [-0.25, -0.2) is 9.97 Å². The highest BCUT2D eigenvalue weighted by atomic mass is 16.5. The van der Waals surface area contributed by atoms with Crippen molar-refractivity contribution in [1.82, 2.24) is 25.4 Å². The highest BCUT2D eigenvalue weighted by Crippen LogP contribution is 2.23. The molecule has 0 spiro atoms. The number of imidazole rings is 1. The van der Waals surface area contributed by atoms with Crippen LogP contribution >= 0.6 is 0 Å². The number of nitrogens with one attached hydrogen (secondary N) is 2. The number of amides is 1. The van der Waals surface area contributed by atoms with Gasteiger partial charge in [0.05, 0.1) is 33.7 Å². The van der Waals surface area contributed by atoms with E-state index < -0.39 is 0 Å². The number of aromatic amines is 1. The number of benzene rings is 1. The molecule has 7 heteroatoms. The zero-order valence-electron chi connectivity index (χ0n) is 14.1. The van der Waals surface area contributed by atoms with E-state index in [4.69, 9.17) is 4.52 Å². The minimum Gasteiger partial charge on any atom is -0.342 e. The van der Waals surface area contributed by atoms with Gasteiger partial charge in [0.2, 0.25) is 0 Å². The largest absolute Gasteiger partial charge is 0.342 e. The minimum atomic E-state index is -0.274. The Morgan fingerprint density at radius 1 is 1.24 bits per heavy atom. The van der Waals surface area contributed by atoms with Crippen LogP contribution in [-0.2, 0) is 0 Å². The molecule has 3 aromatic heterocycles. The van der Waals surface area contributed by atoms with Crippen molar-refractivity contribution >= 4 is 28.0 Å². The third-order valence-electron chi connectivity index (χ3n) is 4.16. The second kappa shape index (κ2) is 5.70. The van der Waals surface area contributed by atoms with Crippen LogP contribution in [0, 0.1) is 13.8 Å². The number of aromatic nitrogens is 4. The molecule has 0 fully saturated rings. The number of fused-ring (bicyclic) bond motifs is 2. The number of carbonyl (C=O) groups excluding carboxylic acids is 1. The predicted molar refractivity (Wildman–Crippen MR) is 93.3 cm³/mol. The Bertz CT molecular complexity index is 1060. The lowest BCUT2D eigenvalue weighted by molar-refractivity contribution is 0.0940. The lowest BCUT2D eigenvalue weighted by atomic mass is 10.1. The van der Waals surface area contributed by atoms with Crippen LogP contribution in [-0.4, -0.2) is 26.0 Å². The summed E-state index contributed by atoms with van der Waals surface area (Å²) in [6, 6.07) is 9.23. The molecular formula is C18H17N5O2. The van der Waals surface area contributed by atoms with Gasteiger partial charge in [-0.05, 0) is 39.0 Å². The van der Waals surface area contributed by atoms with Gasteiger partial charge in [0.1, 0.15) is 5.82 Å². The highest BCUT2D eigenvalue weighted by Gasteiger charge is 2.20. The molecule has 7 nitrogen and oxygen atoms in total. The topological polar surface area (TPSA) is 96.7 Å². The first-order valence-corrected chi connectivity index (χ1v) is 8.02. The number of pyridine rings is 1. The van der Waals surface area contributed by atoms with Crippen LogP contribution in [0.25, 0.3) is 22.1 Å². The van der Waals surface area contributed by atoms with E-state index in [1.54, 1.807) is 13.0 Å². The molecule has 0 aliphatic heterocycles. The Kier molecular flexibility index (Phi) is 3.49. The average Bonchev–Trinajstić information content (AvgIpc) is 3.18. The Morgan fingerprint density at radius 2 is 2.04 bits per heavy atom. The number of carbonyl (C=O) groups is 1. The summed E-state index contributed by atoms with van der Waals surface area (Å²) < 4.78 is 5.19. The van der Waals surface area contributed by atoms with E-state index in [1.807, 2.05) is 38.1 Å². The maximum absolute atomic E-state index is 12.8. The molecule has 0 unspecified atom stereocenters. The fourth-order valence-corrected chi connectivity index (χ4v) is 2.92. The van der Waals surface area contributed by atoms with Crippen LogP contribution < -0.4 is 5.32 Å². The number of H-pyrrole nitrogens is 1. The number of nitrogens with zero attached hydrogens (tertiary/aromatic N) is 3. The van der Waals surface area contributed by atoms with E-state index in [2.05, 4.69) is 25.4 Å². The van der Waals surface area contributed by atoms with Crippen molar-refractivity contribution in [1.29, 1.82) is 0 Å². The number of para-hydroxylation sites is 2. The summed E-state index contributed by atoms with van der Waals surface area (Å²) >= 11 is 0. The van der Waals surface area contributed by atoms with Gasteiger partial charge in [0.25, 0.3) is 11.6 Å². The number of hydrogen-bond acceptors (Lipinski definition) is 5. The fraction of sp³-hybridized carbons (Fsp3) is 0.222. The average molecular weight is 335 g/mol. The Hall–Kier alpha value is -3.22. The van der Waals surface area contributed by atoms with Gasteiger partial charge in [-0.1, -0.05) is 17.3 Å². The maximum Gasteiger partial charge on any atom is 0.258 e. The van der Waals surface area contributed by atoms with E-state index >= 15 is 0 Å². The second-order valence-corrected chi connectivity index (χ2v) is 6.09. The summed E-state index contributed by atoms with van der Waals surface area (Å²) in [6.07, 6.45) is 0. The zero-order valence-corrected chi connectivity index (χ0v) is 14.1.